The van der Waals surface area contributed by atoms with Crippen molar-refractivity contribution in [3.8, 4) is 0 Å². The van der Waals surface area contributed by atoms with Crippen molar-refractivity contribution in [2.75, 3.05) is 13.7 Å². The predicted octanol–water partition coefficient (Wildman–Crippen LogP) is -0.739. The first-order chi connectivity index (χ1) is 8.52. The fourth-order valence-electron chi connectivity index (χ4n) is 1.86. The fraction of sp³-hybridized carbons (Fsp3) is 0.727. The van der Waals surface area contributed by atoms with Crippen LogP contribution in [0.5, 0.6) is 0 Å². The molecule has 0 radical (unpaired) electrons. The van der Waals surface area contributed by atoms with Crippen molar-refractivity contribution in [2.24, 2.45) is 0 Å². The molecule has 0 bridgehead atoms. The lowest BCUT2D eigenvalue weighted by molar-refractivity contribution is -0.148. The van der Waals surface area contributed by atoms with Gasteiger partial charge in [0.1, 0.15) is 6.04 Å². The van der Waals surface area contributed by atoms with Gasteiger partial charge >= 0.3 is 11.9 Å². The quantitative estimate of drug-likeness (QED) is 0.542. The number of rotatable bonds is 6. The molecule has 0 aliphatic carbocycles. The maximum Gasteiger partial charge on any atom is 0.326 e. The van der Waals surface area contributed by atoms with E-state index in [1.807, 2.05) is 0 Å². The van der Waals surface area contributed by atoms with Crippen LogP contribution >= 0.6 is 0 Å². The van der Waals surface area contributed by atoms with Crippen LogP contribution in [0.4, 0.5) is 0 Å². The summed E-state index contributed by atoms with van der Waals surface area (Å²) in [5.41, 5.74) is 0. The van der Waals surface area contributed by atoms with Crippen LogP contribution in [0.3, 0.4) is 0 Å². The van der Waals surface area contributed by atoms with E-state index in [0.29, 0.717) is 0 Å². The van der Waals surface area contributed by atoms with E-state index in [9.17, 15) is 14.4 Å². The molecule has 102 valence electrons. The third-order valence-electron chi connectivity index (χ3n) is 2.83. The van der Waals surface area contributed by atoms with E-state index in [-0.39, 0.29) is 24.8 Å². The smallest absolute Gasteiger partial charge is 0.326 e. The zero-order chi connectivity index (χ0) is 13.5. The summed E-state index contributed by atoms with van der Waals surface area (Å²) in [4.78, 5) is 33.5. The summed E-state index contributed by atoms with van der Waals surface area (Å²) in [6.45, 7) is 0.877. The van der Waals surface area contributed by atoms with Crippen LogP contribution in [0.25, 0.3) is 0 Å². The number of esters is 1. The van der Waals surface area contributed by atoms with E-state index in [1.165, 1.54) is 7.11 Å². The molecule has 3 N–H and O–H groups in total. The van der Waals surface area contributed by atoms with Gasteiger partial charge in [-0.1, -0.05) is 0 Å². The monoisotopic (exact) mass is 258 g/mol. The highest BCUT2D eigenvalue weighted by Crippen LogP contribution is 2.08. The maximum atomic E-state index is 11.6. The van der Waals surface area contributed by atoms with Gasteiger partial charge in [0, 0.05) is 12.5 Å². The summed E-state index contributed by atoms with van der Waals surface area (Å²) >= 11 is 0. The molecule has 0 spiro atoms. The molecule has 1 fully saturated rings. The van der Waals surface area contributed by atoms with E-state index >= 15 is 0 Å². The Morgan fingerprint density at radius 2 is 2.22 bits per heavy atom. The Balaban J connectivity index is 2.41. The molecule has 18 heavy (non-hydrogen) atoms. The molecular formula is C11H18N2O5. The number of carboxylic acids is 1. The van der Waals surface area contributed by atoms with Gasteiger partial charge in [0.05, 0.1) is 13.5 Å². The number of carbonyl (C=O) groups excluding carboxylic acids is 2. The van der Waals surface area contributed by atoms with Crippen LogP contribution < -0.4 is 10.6 Å². The number of carboxylic acid groups (broad SMARTS) is 1. The van der Waals surface area contributed by atoms with Crippen LogP contribution in [0, 0.1) is 0 Å². The lowest BCUT2D eigenvalue weighted by atomic mass is 10.1. The summed E-state index contributed by atoms with van der Waals surface area (Å²) in [5, 5.41) is 14.4. The average Bonchev–Trinajstić information content (AvgIpc) is 2.80. The topological polar surface area (TPSA) is 105 Å². The van der Waals surface area contributed by atoms with Gasteiger partial charge < -0.3 is 20.5 Å². The summed E-state index contributed by atoms with van der Waals surface area (Å²) < 4.78 is 4.38. The van der Waals surface area contributed by atoms with Gasteiger partial charge in [-0.3, -0.25) is 9.59 Å². The summed E-state index contributed by atoms with van der Waals surface area (Å²) in [6, 6.07) is -1.14. The minimum atomic E-state index is -1.24. The molecule has 1 rings (SSSR count). The highest BCUT2D eigenvalue weighted by molar-refractivity contribution is 5.87. The highest BCUT2D eigenvalue weighted by atomic mass is 16.5. The molecule has 1 aliphatic heterocycles. The second-order valence-corrected chi connectivity index (χ2v) is 4.24. The number of methoxy groups -OCH3 is 1. The average molecular weight is 258 g/mol. The molecule has 0 aromatic carbocycles. The van der Waals surface area contributed by atoms with Gasteiger partial charge in [-0.25, -0.2) is 4.79 Å². The Morgan fingerprint density at radius 3 is 2.72 bits per heavy atom. The van der Waals surface area contributed by atoms with E-state index in [0.717, 1.165) is 19.4 Å². The third kappa shape index (κ3) is 4.70. The Bertz CT molecular complexity index is 325. The first kappa shape index (κ1) is 14.4. The van der Waals surface area contributed by atoms with Gasteiger partial charge in [0.25, 0.3) is 0 Å². The minimum absolute atomic E-state index is 0.0950. The van der Waals surface area contributed by atoms with Crippen LogP contribution in [0.1, 0.15) is 25.7 Å². The Morgan fingerprint density at radius 1 is 1.50 bits per heavy atom. The van der Waals surface area contributed by atoms with Crippen molar-refractivity contribution in [1.29, 1.82) is 0 Å². The van der Waals surface area contributed by atoms with E-state index in [1.54, 1.807) is 0 Å². The molecule has 1 aliphatic rings. The molecule has 7 nitrogen and oxygen atoms in total. The summed E-state index contributed by atoms with van der Waals surface area (Å²) in [6.07, 6.45) is 1.78. The van der Waals surface area contributed by atoms with E-state index in [2.05, 4.69) is 15.4 Å². The number of nitrogens with one attached hydrogen (secondary N) is 2. The zero-order valence-corrected chi connectivity index (χ0v) is 10.3. The van der Waals surface area contributed by atoms with Gasteiger partial charge in [-0.15, -0.1) is 0 Å². The number of aliphatic carboxylic acids is 1. The van der Waals surface area contributed by atoms with E-state index in [4.69, 9.17) is 5.11 Å². The van der Waals surface area contributed by atoms with Gasteiger partial charge in [-0.05, 0) is 19.4 Å². The number of carbonyl (C=O) groups is 3. The Labute approximate surface area is 105 Å². The van der Waals surface area contributed by atoms with Crippen LogP contribution in [0.15, 0.2) is 0 Å². The maximum absolute atomic E-state index is 11.6. The fourth-order valence-corrected chi connectivity index (χ4v) is 1.86. The number of hydrogen-bond donors (Lipinski definition) is 3. The minimum Gasteiger partial charge on any atom is -0.480 e. The van der Waals surface area contributed by atoms with Crippen LogP contribution in [-0.4, -0.2) is 48.7 Å². The summed E-state index contributed by atoms with van der Waals surface area (Å²) in [5.74, 6) is -2.28. The number of hydrogen-bond acceptors (Lipinski definition) is 5. The van der Waals surface area contributed by atoms with Crippen molar-refractivity contribution < 1.29 is 24.2 Å². The second kappa shape index (κ2) is 6.95. The van der Waals surface area contributed by atoms with Crippen molar-refractivity contribution in [2.45, 2.75) is 37.8 Å². The molecular weight excluding hydrogens is 240 g/mol. The highest BCUT2D eigenvalue weighted by Gasteiger charge is 2.25. The molecule has 0 aromatic rings. The molecule has 1 unspecified atom stereocenters. The lowest BCUT2D eigenvalue weighted by Gasteiger charge is -2.15. The summed E-state index contributed by atoms with van der Waals surface area (Å²) in [7, 11) is 1.17. The number of amides is 1. The lowest BCUT2D eigenvalue weighted by Crippen LogP contribution is -2.44. The normalized spacial score (nSPS) is 20.2. The molecule has 1 heterocycles. The standard InChI is InChI=1S/C11H18N2O5/c1-18-10(15)6-8(11(16)17)13-9(14)5-7-3-2-4-12-7/h7-8,12H,2-6H2,1H3,(H,13,14)(H,16,17)/t7?,8-/m0/s1. The molecule has 2 atom stereocenters. The molecule has 1 amide bonds. The Hall–Kier alpha value is -1.63. The molecule has 0 saturated carbocycles. The van der Waals surface area contributed by atoms with Crippen LogP contribution in [0.2, 0.25) is 0 Å². The van der Waals surface area contributed by atoms with Crippen molar-refractivity contribution in [3.63, 3.8) is 0 Å². The molecule has 1 saturated heterocycles. The molecule has 7 heteroatoms. The Kier molecular flexibility index (Phi) is 5.57. The van der Waals surface area contributed by atoms with Gasteiger partial charge in [0.15, 0.2) is 0 Å². The van der Waals surface area contributed by atoms with Crippen molar-refractivity contribution in [3.05, 3.63) is 0 Å². The second-order valence-electron chi connectivity index (χ2n) is 4.24. The zero-order valence-electron chi connectivity index (χ0n) is 10.3. The van der Waals surface area contributed by atoms with Crippen molar-refractivity contribution >= 4 is 17.8 Å². The largest absolute Gasteiger partial charge is 0.480 e. The molecule has 0 aromatic heterocycles. The first-order valence-corrected chi connectivity index (χ1v) is 5.85. The van der Waals surface area contributed by atoms with E-state index < -0.39 is 18.0 Å². The predicted molar refractivity (Wildman–Crippen MR) is 61.8 cm³/mol. The third-order valence-corrected chi connectivity index (χ3v) is 2.83. The SMILES string of the molecule is COC(=O)C[C@H](NC(=O)CC1CCCN1)C(=O)O. The first-order valence-electron chi connectivity index (χ1n) is 5.85. The van der Waals surface area contributed by atoms with Crippen LogP contribution in [-0.2, 0) is 19.1 Å². The van der Waals surface area contributed by atoms with Gasteiger partial charge in [-0.2, -0.15) is 0 Å². The van der Waals surface area contributed by atoms with Crippen molar-refractivity contribution in [1.82, 2.24) is 10.6 Å². The number of ether oxygens (including phenoxy) is 1. The van der Waals surface area contributed by atoms with Gasteiger partial charge in [0.2, 0.25) is 5.91 Å².